The molecule has 2 amide bonds. The molecule has 6 nitrogen and oxygen atoms in total. The molecule has 0 bridgehead atoms. The summed E-state index contributed by atoms with van der Waals surface area (Å²) >= 11 is 0. The van der Waals surface area contributed by atoms with Gasteiger partial charge in [-0.15, -0.1) is 0 Å². The van der Waals surface area contributed by atoms with E-state index in [9.17, 15) is 19.5 Å². The highest BCUT2D eigenvalue weighted by Crippen LogP contribution is 2.07. The van der Waals surface area contributed by atoms with Gasteiger partial charge in [0, 0.05) is 0 Å². The Hall–Kier alpha value is -2.63. The molecule has 0 spiro atoms. The SMILES string of the molecule is C=CC(=O)NC(C)(C)C(=O)NC(Cc1ccccc1)C(=O)[O-]. The van der Waals surface area contributed by atoms with Crippen molar-refractivity contribution in [3.63, 3.8) is 0 Å². The van der Waals surface area contributed by atoms with E-state index in [0.29, 0.717) is 0 Å². The molecule has 118 valence electrons. The van der Waals surface area contributed by atoms with Crippen LogP contribution in [0, 0.1) is 0 Å². The van der Waals surface area contributed by atoms with Gasteiger partial charge in [0.2, 0.25) is 11.8 Å². The maximum atomic E-state index is 12.2. The Balaban J connectivity index is 2.78. The molecular formula is C16H19N2O4-. The van der Waals surface area contributed by atoms with Crippen LogP contribution in [0.3, 0.4) is 0 Å². The molecule has 1 aromatic carbocycles. The second kappa shape index (κ2) is 7.40. The molecule has 0 heterocycles. The van der Waals surface area contributed by atoms with Gasteiger partial charge in [-0.05, 0) is 31.9 Å². The molecule has 0 aliphatic carbocycles. The normalized spacial score (nSPS) is 12.1. The number of rotatable bonds is 7. The summed E-state index contributed by atoms with van der Waals surface area (Å²) in [5, 5.41) is 16.0. The maximum absolute atomic E-state index is 12.2. The summed E-state index contributed by atoms with van der Waals surface area (Å²) in [5.74, 6) is -2.52. The third-order valence-electron chi connectivity index (χ3n) is 3.06. The lowest BCUT2D eigenvalue weighted by molar-refractivity contribution is -0.308. The van der Waals surface area contributed by atoms with Crippen LogP contribution in [0.1, 0.15) is 19.4 Å². The second-order valence-electron chi connectivity index (χ2n) is 5.35. The second-order valence-corrected chi connectivity index (χ2v) is 5.35. The van der Waals surface area contributed by atoms with Gasteiger partial charge in [-0.2, -0.15) is 0 Å². The number of carboxylic acid groups (broad SMARTS) is 1. The van der Waals surface area contributed by atoms with Gasteiger partial charge in [-0.3, -0.25) is 9.59 Å². The third kappa shape index (κ3) is 5.05. The number of carbonyl (C=O) groups is 3. The van der Waals surface area contributed by atoms with E-state index in [4.69, 9.17) is 0 Å². The largest absolute Gasteiger partial charge is 0.548 e. The van der Waals surface area contributed by atoms with E-state index in [0.717, 1.165) is 11.6 Å². The Morgan fingerprint density at radius 3 is 2.36 bits per heavy atom. The molecule has 0 fully saturated rings. The summed E-state index contributed by atoms with van der Waals surface area (Å²) in [5.41, 5.74) is -0.514. The molecule has 0 saturated carbocycles. The highest BCUT2D eigenvalue weighted by atomic mass is 16.4. The Kier molecular flexibility index (Phi) is 5.86. The van der Waals surface area contributed by atoms with E-state index in [1.165, 1.54) is 13.8 Å². The van der Waals surface area contributed by atoms with E-state index in [-0.39, 0.29) is 6.42 Å². The van der Waals surface area contributed by atoms with E-state index < -0.39 is 29.4 Å². The van der Waals surface area contributed by atoms with Crippen molar-refractivity contribution in [1.82, 2.24) is 10.6 Å². The maximum Gasteiger partial charge on any atom is 0.245 e. The number of hydrogen-bond donors (Lipinski definition) is 2. The van der Waals surface area contributed by atoms with Crippen LogP contribution in [-0.2, 0) is 20.8 Å². The minimum atomic E-state index is -1.39. The minimum absolute atomic E-state index is 0.0976. The highest BCUT2D eigenvalue weighted by Gasteiger charge is 2.30. The Morgan fingerprint density at radius 1 is 1.27 bits per heavy atom. The number of hydrogen-bond acceptors (Lipinski definition) is 4. The lowest BCUT2D eigenvalue weighted by atomic mass is 10.0. The van der Waals surface area contributed by atoms with Crippen molar-refractivity contribution in [2.24, 2.45) is 0 Å². The highest BCUT2D eigenvalue weighted by molar-refractivity contribution is 5.95. The van der Waals surface area contributed by atoms with Crippen molar-refractivity contribution in [1.29, 1.82) is 0 Å². The molecule has 22 heavy (non-hydrogen) atoms. The third-order valence-corrected chi connectivity index (χ3v) is 3.06. The molecule has 2 N–H and O–H groups in total. The van der Waals surface area contributed by atoms with E-state index in [1.54, 1.807) is 24.3 Å². The molecule has 0 aliphatic heterocycles. The van der Waals surface area contributed by atoms with Crippen molar-refractivity contribution in [2.75, 3.05) is 0 Å². The van der Waals surface area contributed by atoms with E-state index in [1.807, 2.05) is 6.07 Å². The Labute approximate surface area is 129 Å². The van der Waals surface area contributed by atoms with Crippen LogP contribution in [0.25, 0.3) is 0 Å². The van der Waals surface area contributed by atoms with Gasteiger partial charge in [0.15, 0.2) is 0 Å². The number of benzene rings is 1. The molecule has 6 heteroatoms. The molecule has 1 rings (SSSR count). The van der Waals surface area contributed by atoms with Crippen LogP contribution >= 0.6 is 0 Å². The van der Waals surface area contributed by atoms with Gasteiger partial charge in [0.1, 0.15) is 5.54 Å². The van der Waals surface area contributed by atoms with Gasteiger partial charge in [0.25, 0.3) is 0 Å². The molecule has 0 aromatic heterocycles. The van der Waals surface area contributed by atoms with E-state index in [2.05, 4.69) is 17.2 Å². The lowest BCUT2D eigenvalue weighted by Crippen LogP contribution is -2.59. The topological polar surface area (TPSA) is 98.3 Å². The predicted molar refractivity (Wildman–Crippen MR) is 79.5 cm³/mol. The number of carbonyl (C=O) groups excluding carboxylic acids is 3. The molecule has 1 atom stereocenters. The summed E-state index contributed by atoms with van der Waals surface area (Å²) in [7, 11) is 0. The number of carboxylic acids is 1. The fraction of sp³-hybridized carbons (Fsp3) is 0.312. The first-order valence-corrected chi connectivity index (χ1v) is 6.76. The summed E-state index contributed by atoms with van der Waals surface area (Å²) in [6.07, 6.45) is 1.13. The van der Waals surface area contributed by atoms with Crippen LogP contribution in [0.2, 0.25) is 0 Å². The summed E-state index contributed by atoms with van der Waals surface area (Å²) in [6, 6.07) is 7.69. The van der Waals surface area contributed by atoms with Crippen LogP contribution in [0.5, 0.6) is 0 Å². The zero-order valence-electron chi connectivity index (χ0n) is 12.6. The Morgan fingerprint density at radius 2 is 1.86 bits per heavy atom. The van der Waals surface area contributed by atoms with Gasteiger partial charge < -0.3 is 20.5 Å². The van der Waals surface area contributed by atoms with Crippen molar-refractivity contribution in [3.05, 3.63) is 48.6 Å². The average molecular weight is 303 g/mol. The molecule has 1 unspecified atom stereocenters. The first kappa shape index (κ1) is 17.4. The summed E-state index contributed by atoms with van der Waals surface area (Å²) < 4.78 is 0. The lowest BCUT2D eigenvalue weighted by Gasteiger charge is -2.28. The van der Waals surface area contributed by atoms with Gasteiger partial charge >= 0.3 is 0 Å². The van der Waals surface area contributed by atoms with Gasteiger partial charge in [-0.1, -0.05) is 36.9 Å². The fourth-order valence-electron chi connectivity index (χ4n) is 1.80. The zero-order valence-corrected chi connectivity index (χ0v) is 12.6. The Bertz CT molecular complexity index is 567. The smallest absolute Gasteiger partial charge is 0.245 e. The van der Waals surface area contributed by atoms with Crippen molar-refractivity contribution in [3.8, 4) is 0 Å². The van der Waals surface area contributed by atoms with Crippen molar-refractivity contribution >= 4 is 17.8 Å². The quantitative estimate of drug-likeness (QED) is 0.666. The standard InChI is InChI=1S/C16H20N2O4/c1-4-13(19)18-16(2,3)15(22)17-12(14(20)21)10-11-8-6-5-7-9-11/h4-9,12H,1,10H2,2-3H3,(H,17,22)(H,18,19)(H,20,21)/p-1. The van der Waals surface area contributed by atoms with Crippen LogP contribution in [0.4, 0.5) is 0 Å². The predicted octanol–water partition coefficient (Wildman–Crippen LogP) is -0.455. The van der Waals surface area contributed by atoms with Crippen LogP contribution < -0.4 is 15.7 Å². The fourth-order valence-corrected chi connectivity index (χ4v) is 1.80. The first-order valence-electron chi connectivity index (χ1n) is 6.76. The molecule has 0 saturated heterocycles. The first-order chi connectivity index (χ1) is 10.3. The zero-order chi connectivity index (χ0) is 16.8. The number of amides is 2. The van der Waals surface area contributed by atoms with Crippen LogP contribution in [-0.4, -0.2) is 29.4 Å². The van der Waals surface area contributed by atoms with E-state index >= 15 is 0 Å². The average Bonchev–Trinajstić information content (AvgIpc) is 2.46. The van der Waals surface area contributed by atoms with Crippen molar-refractivity contribution < 1.29 is 19.5 Å². The number of aliphatic carboxylic acids is 1. The molecular weight excluding hydrogens is 284 g/mol. The minimum Gasteiger partial charge on any atom is -0.548 e. The number of nitrogens with one attached hydrogen (secondary N) is 2. The summed E-state index contributed by atoms with van der Waals surface area (Å²) in [6.45, 7) is 6.24. The molecule has 0 radical (unpaired) electrons. The monoisotopic (exact) mass is 303 g/mol. The van der Waals surface area contributed by atoms with Gasteiger partial charge in [-0.25, -0.2) is 0 Å². The molecule has 0 aliphatic rings. The summed E-state index contributed by atoms with van der Waals surface area (Å²) in [4.78, 5) is 34.7. The molecule has 1 aromatic rings. The van der Waals surface area contributed by atoms with Crippen molar-refractivity contribution in [2.45, 2.75) is 31.8 Å². The van der Waals surface area contributed by atoms with Crippen LogP contribution in [0.15, 0.2) is 43.0 Å². The van der Waals surface area contributed by atoms with Gasteiger partial charge in [0.05, 0.1) is 12.0 Å².